The fourth-order valence-electron chi connectivity index (χ4n) is 2.15. The second-order valence-electron chi connectivity index (χ2n) is 4.34. The third-order valence-corrected chi connectivity index (χ3v) is 3.18. The van der Waals surface area contributed by atoms with E-state index in [1.165, 1.54) is 6.07 Å². The fourth-order valence-corrected chi connectivity index (χ4v) is 2.15. The van der Waals surface area contributed by atoms with Crippen LogP contribution in [0.1, 0.15) is 24.8 Å². The van der Waals surface area contributed by atoms with Gasteiger partial charge >= 0.3 is 0 Å². The fraction of sp³-hybridized carbons (Fsp3) is 0.500. The van der Waals surface area contributed by atoms with Crippen LogP contribution in [0.3, 0.4) is 0 Å². The van der Waals surface area contributed by atoms with E-state index in [2.05, 4.69) is 0 Å². The summed E-state index contributed by atoms with van der Waals surface area (Å²) in [6, 6.07) is 2.13. The molecule has 17 heavy (non-hydrogen) atoms. The van der Waals surface area contributed by atoms with Crippen molar-refractivity contribution < 1.29 is 17.9 Å². The van der Waals surface area contributed by atoms with E-state index >= 15 is 0 Å². The number of ether oxygens (including phenoxy) is 1. The lowest BCUT2D eigenvalue weighted by Gasteiger charge is -2.28. The van der Waals surface area contributed by atoms with Gasteiger partial charge in [-0.3, -0.25) is 0 Å². The Kier molecular flexibility index (Phi) is 3.40. The second-order valence-corrected chi connectivity index (χ2v) is 4.34. The Morgan fingerprint density at radius 2 is 1.82 bits per heavy atom. The highest BCUT2D eigenvalue weighted by atomic mass is 19.2. The van der Waals surface area contributed by atoms with Crippen LogP contribution in [0, 0.1) is 17.5 Å². The number of nitrogens with two attached hydrogens (primary N) is 1. The summed E-state index contributed by atoms with van der Waals surface area (Å²) in [5, 5.41) is 0. The minimum atomic E-state index is -1.46. The van der Waals surface area contributed by atoms with Crippen LogP contribution < -0.4 is 5.73 Å². The lowest BCUT2D eigenvalue weighted by Crippen LogP contribution is -2.38. The topological polar surface area (TPSA) is 35.2 Å². The molecular formula is C12H14F3NO. The van der Waals surface area contributed by atoms with Gasteiger partial charge < -0.3 is 10.5 Å². The molecule has 0 radical (unpaired) electrons. The summed E-state index contributed by atoms with van der Waals surface area (Å²) < 4.78 is 45.0. The summed E-state index contributed by atoms with van der Waals surface area (Å²) in [6.07, 6.45) is 1.57. The molecule has 0 aliphatic carbocycles. The average Bonchev–Trinajstić information content (AvgIpc) is 2.52. The highest BCUT2D eigenvalue weighted by molar-refractivity contribution is 5.28. The van der Waals surface area contributed by atoms with Crippen LogP contribution in [-0.4, -0.2) is 13.2 Å². The van der Waals surface area contributed by atoms with E-state index in [1.54, 1.807) is 0 Å². The minimum Gasteiger partial charge on any atom is -0.381 e. The Labute approximate surface area is 97.6 Å². The molecule has 1 aliphatic rings. The monoisotopic (exact) mass is 245 g/mol. The van der Waals surface area contributed by atoms with E-state index in [9.17, 15) is 13.2 Å². The van der Waals surface area contributed by atoms with Gasteiger partial charge in [-0.05, 0) is 25.3 Å². The molecule has 0 saturated carbocycles. The summed E-state index contributed by atoms with van der Waals surface area (Å²) in [4.78, 5) is 0. The summed E-state index contributed by atoms with van der Waals surface area (Å²) in [6.45, 7) is 0.958. The van der Waals surface area contributed by atoms with Crippen molar-refractivity contribution in [2.24, 2.45) is 5.73 Å². The first-order valence-electron chi connectivity index (χ1n) is 5.55. The number of halogens is 3. The van der Waals surface area contributed by atoms with Crippen molar-refractivity contribution in [2.45, 2.75) is 24.8 Å². The number of hydrogen-bond donors (Lipinski definition) is 1. The van der Waals surface area contributed by atoms with Gasteiger partial charge in [0.2, 0.25) is 0 Å². The quantitative estimate of drug-likeness (QED) is 0.771. The zero-order chi connectivity index (χ0) is 12.5. The SMILES string of the molecule is NC1(c2ccc(F)c(F)c2F)CCCOCC1. The van der Waals surface area contributed by atoms with Gasteiger partial charge in [-0.15, -0.1) is 0 Å². The normalized spacial score (nSPS) is 25.6. The van der Waals surface area contributed by atoms with Crippen molar-refractivity contribution in [3.8, 4) is 0 Å². The zero-order valence-electron chi connectivity index (χ0n) is 9.31. The van der Waals surface area contributed by atoms with Gasteiger partial charge in [0.05, 0.1) is 0 Å². The number of hydrogen-bond acceptors (Lipinski definition) is 2. The van der Waals surface area contributed by atoms with E-state index in [4.69, 9.17) is 10.5 Å². The summed E-state index contributed by atoms with van der Waals surface area (Å²) in [5.74, 6) is -3.84. The van der Waals surface area contributed by atoms with Crippen molar-refractivity contribution in [1.82, 2.24) is 0 Å². The molecule has 1 heterocycles. The smallest absolute Gasteiger partial charge is 0.194 e. The van der Waals surface area contributed by atoms with Gasteiger partial charge in [0.25, 0.3) is 0 Å². The van der Waals surface area contributed by atoms with E-state index in [1.807, 2.05) is 0 Å². The Morgan fingerprint density at radius 3 is 2.59 bits per heavy atom. The Morgan fingerprint density at radius 1 is 1.06 bits per heavy atom. The first kappa shape index (κ1) is 12.4. The molecule has 94 valence electrons. The first-order chi connectivity index (χ1) is 8.04. The maximum absolute atomic E-state index is 13.7. The maximum Gasteiger partial charge on any atom is 0.194 e. The summed E-state index contributed by atoms with van der Waals surface area (Å²) in [7, 11) is 0. The highest BCUT2D eigenvalue weighted by Crippen LogP contribution is 2.32. The molecule has 2 nitrogen and oxygen atoms in total. The lowest BCUT2D eigenvalue weighted by molar-refractivity contribution is 0.139. The third kappa shape index (κ3) is 2.30. The molecule has 0 spiro atoms. The third-order valence-electron chi connectivity index (χ3n) is 3.18. The van der Waals surface area contributed by atoms with Crippen molar-refractivity contribution >= 4 is 0 Å². The Bertz CT molecular complexity index is 414. The molecule has 1 atom stereocenters. The van der Waals surface area contributed by atoms with Gasteiger partial charge in [0.1, 0.15) is 0 Å². The summed E-state index contributed by atoms with van der Waals surface area (Å²) >= 11 is 0. The Hall–Kier alpha value is -1.07. The molecule has 2 rings (SSSR count). The highest BCUT2D eigenvalue weighted by Gasteiger charge is 2.33. The molecule has 1 aromatic carbocycles. The van der Waals surface area contributed by atoms with Crippen LogP contribution in [0.15, 0.2) is 12.1 Å². The van der Waals surface area contributed by atoms with Crippen molar-refractivity contribution in [3.05, 3.63) is 35.1 Å². The molecular weight excluding hydrogens is 231 g/mol. The zero-order valence-corrected chi connectivity index (χ0v) is 9.31. The minimum absolute atomic E-state index is 0.0295. The Balaban J connectivity index is 2.41. The molecule has 0 bridgehead atoms. The molecule has 2 N–H and O–H groups in total. The van der Waals surface area contributed by atoms with Crippen LogP contribution in [0.4, 0.5) is 13.2 Å². The average molecular weight is 245 g/mol. The first-order valence-corrected chi connectivity index (χ1v) is 5.55. The molecule has 1 fully saturated rings. The van der Waals surface area contributed by atoms with Crippen LogP contribution in [0.5, 0.6) is 0 Å². The molecule has 0 aromatic heterocycles. The molecule has 1 aromatic rings. The van der Waals surface area contributed by atoms with Gasteiger partial charge in [-0.1, -0.05) is 6.07 Å². The van der Waals surface area contributed by atoms with E-state index < -0.39 is 23.0 Å². The largest absolute Gasteiger partial charge is 0.381 e. The van der Waals surface area contributed by atoms with Crippen LogP contribution >= 0.6 is 0 Å². The van der Waals surface area contributed by atoms with E-state index in [0.717, 1.165) is 6.07 Å². The van der Waals surface area contributed by atoms with Crippen LogP contribution in [-0.2, 0) is 10.3 Å². The van der Waals surface area contributed by atoms with E-state index in [0.29, 0.717) is 32.5 Å². The van der Waals surface area contributed by atoms with Gasteiger partial charge in [-0.25, -0.2) is 13.2 Å². The second kappa shape index (κ2) is 4.66. The van der Waals surface area contributed by atoms with Crippen LogP contribution in [0.2, 0.25) is 0 Å². The van der Waals surface area contributed by atoms with Crippen LogP contribution in [0.25, 0.3) is 0 Å². The molecule has 1 saturated heterocycles. The van der Waals surface area contributed by atoms with Crippen molar-refractivity contribution in [2.75, 3.05) is 13.2 Å². The molecule has 1 aliphatic heterocycles. The van der Waals surface area contributed by atoms with Crippen molar-refractivity contribution in [3.63, 3.8) is 0 Å². The number of rotatable bonds is 1. The predicted molar refractivity (Wildman–Crippen MR) is 56.9 cm³/mol. The van der Waals surface area contributed by atoms with Gasteiger partial charge in [0.15, 0.2) is 17.5 Å². The lowest BCUT2D eigenvalue weighted by atomic mass is 9.84. The maximum atomic E-state index is 13.7. The van der Waals surface area contributed by atoms with Gasteiger partial charge in [-0.2, -0.15) is 0 Å². The van der Waals surface area contributed by atoms with E-state index in [-0.39, 0.29) is 5.56 Å². The molecule has 0 amide bonds. The predicted octanol–water partition coefficient (Wildman–Crippen LogP) is 2.46. The van der Waals surface area contributed by atoms with Crippen molar-refractivity contribution in [1.29, 1.82) is 0 Å². The standard InChI is InChI=1S/C12H14F3NO/c13-9-3-2-8(10(14)11(9)15)12(16)4-1-6-17-7-5-12/h2-3H,1,4-7,16H2. The number of benzene rings is 1. The molecule has 5 heteroatoms. The molecule has 1 unspecified atom stereocenters. The summed E-state index contributed by atoms with van der Waals surface area (Å²) in [5.41, 5.74) is 5.14. The van der Waals surface area contributed by atoms with Gasteiger partial charge in [0, 0.05) is 24.3 Å².